The second kappa shape index (κ2) is 7.10. The van der Waals surface area contributed by atoms with Crippen LogP contribution >= 0.6 is 11.3 Å². The molecular formula is C19H25N3O3S. The highest BCUT2D eigenvalue weighted by Crippen LogP contribution is 2.35. The maximum Gasteiger partial charge on any atom is 0.229 e. The first kappa shape index (κ1) is 17.6. The number of nitrogens with zero attached hydrogens (tertiary/aromatic N) is 2. The van der Waals surface area contributed by atoms with Gasteiger partial charge in [0, 0.05) is 31.3 Å². The summed E-state index contributed by atoms with van der Waals surface area (Å²) in [5, 5.41) is 3.36. The summed E-state index contributed by atoms with van der Waals surface area (Å²) in [5.41, 5.74) is 0.679. The topological polar surface area (TPSA) is 79.4 Å². The third kappa shape index (κ3) is 3.29. The maximum absolute atomic E-state index is 12.9. The number of amides is 2. The number of likely N-dealkylation sites (tertiary alicyclic amines) is 1. The van der Waals surface area contributed by atoms with Gasteiger partial charge >= 0.3 is 0 Å². The lowest BCUT2D eigenvalue weighted by Gasteiger charge is -2.36. The van der Waals surface area contributed by atoms with Crippen molar-refractivity contribution in [3.8, 4) is 0 Å². The Kier molecular flexibility index (Phi) is 4.82. The quantitative estimate of drug-likeness (QED) is 0.881. The van der Waals surface area contributed by atoms with Gasteiger partial charge in [0.1, 0.15) is 0 Å². The minimum atomic E-state index is -0.312. The molecule has 0 spiro atoms. The zero-order chi connectivity index (χ0) is 18.3. The number of piperidine rings is 1. The molecule has 26 heavy (non-hydrogen) atoms. The number of thiazole rings is 1. The van der Waals surface area contributed by atoms with Gasteiger partial charge in [-0.25, -0.2) is 4.98 Å². The average Bonchev–Trinajstić information content (AvgIpc) is 2.96. The van der Waals surface area contributed by atoms with Gasteiger partial charge in [-0.3, -0.25) is 14.4 Å². The second-order valence-electron chi connectivity index (χ2n) is 7.82. The molecule has 2 amide bonds. The molecule has 6 nitrogen and oxygen atoms in total. The van der Waals surface area contributed by atoms with Crippen molar-refractivity contribution in [1.82, 2.24) is 9.88 Å². The normalized spacial score (nSPS) is 26.2. The van der Waals surface area contributed by atoms with Gasteiger partial charge in [0.05, 0.1) is 16.5 Å². The number of carbonyl (C=O) groups is 3. The van der Waals surface area contributed by atoms with Crippen molar-refractivity contribution in [2.75, 3.05) is 11.9 Å². The van der Waals surface area contributed by atoms with Gasteiger partial charge in [0.2, 0.25) is 11.8 Å². The largest absolute Gasteiger partial charge is 0.340 e. The van der Waals surface area contributed by atoms with Crippen LogP contribution in [-0.2, 0) is 16.0 Å². The molecule has 1 aromatic rings. The predicted octanol–water partition coefficient (Wildman–Crippen LogP) is 3.03. The van der Waals surface area contributed by atoms with Crippen LogP contribution in [0.3, 0.4) is 0 Å². The zero-order valence-corrected chi connectivity index (χ0v) is 15.9. The first-order valence-electron chi connectivity index (χ1n) is 9.67. The van der Waals surface area contributed by atoms with Crippen LogP contribution in [0.15, 0.2) is 0 Å². The molecule has 0 radical (unpaired) electrons. The summed E-state index contributed by atoms with van der Waals surface area (Å²) >= 11 is 1.26. The average molecular weight is 375 g/mol. The summed E-state index contributed by atoms with van der Waals surface area (Å²) in [4.78, 5) is 44.6. The van der Waals surface area contributed by atoms with E-state index in [4.69, 9.17) is 0 Å². The molecule has 0 bridgehead atoms. The van der Waals surface area contributed by atoms with Crippen LogP contribution in [0.5, 0.6) is 0 Å². The van der Waals surface area contributed by atoms with E-state index in [-0.39, 0.29) is 41.9 Å². The zero-order valence-electron chi connectivity index (χ0n) is 15.1. The van der Waals surface area contributed by atoms with Gasteiger partial charge in [0.15, 0.2) is 10.9 Å². The van der Waals surface area contributed by atoms with Crippen molar-refractivity contribution < 1.29 is 14.4 Å². The minimum Gasteiger partial charge on any atom is -0.340 e. The van der Waals surface area contributed by atoms with Crippen LogP contribution in [0.25, 0.3) is 0 Å². The summed E-state index contributed by atoms with van der Waals surface area (Å²) < 4.78 is 0. The predicted molar refractivity (Wildman–Crippen MR) is 99.3 cm³/mol. The minimum absolute atomic E-state index is 0.00423. The van der Waals surface area contributed by atoms with Gasteiger partial charge < -0.3 is 10.2 Å². The number of nitrogens with one attached hydrogen (secondary N) is 1. The monoisotopic (exact) mass is 375 g/mol. The van der Waals surface area contributed by atoms with E-state index in [0.29, 0.717) is 22.1 Å². The Morgan fingerprint density at radius 1 is 1.12 bits per heavy atom. The number of fused-ring (bicyclic) bond motifs is 1. The highest BCUT2D eigenvalue weighted by Gasteiger charge is 2.37. The van der Waals surface area contributed by atoms with Crippen LogP contribution in [-0.4, -0.2) is 40.1 Å². The number of carbonyl (C=O) groups excluding carboxylic acids is 3. The van der Waals surface area contributed by atoms with Crippen LogP contribution in [0.1, 0.15) is 67.2 Å². The molecule has 2 heterocycles. The Labute approximate surface area is 157 Å². The van der Waals surface area contributed by atoms with E-state index < -0.39 is 0 Å². The van der Waals surface area contributed by atoms with E-state index in [0.717, 1.165) is 45.1 Å². The van der Waals surface area contributed by atoms with Crippen LogP contribution in [0, 0.1) is 11.8 Å². The highest BCUT2D eigenvalue weighted by atomic mass is 32.1. The Hall–Kier alpha value is -1.76. The van der Waals surface area contributed by atoms with Crippen LogP contribution in [0.4, 0.5) is 5.13 Å². The molecule has 3 aliphatic rings. The molecular weight excluding hydrogens is 350 g/mol. The fourth-order valence-electron chi connectivity index (χ4n) is 4.10. The van der Waals surface area contributed by atoms with Gasteiger partial charge in [0.25, 0.3) is 0 Å². The molecule has 1 aromatic heterocycles. The first-order chi connectivity index (χ1) is 12.5. The standard InChI is InChI=1S/C19H25N3O3S/c1-11-5-2-3-8-22(11)18(25)13-9-14-16(15(23)10-13)26-19(20-14)21-17(24)12-6-4-7-12/h11-13H,2-10H2,1H3,(H,20,21,24)/t11-,13+/m1/s1. The lowest BCUT2D eigenvalue weighted by atomic mass is 9.85. The summed E-state index contributed by atoms with van der Waals surface area (Å²) in [6, 6.07) is 0.250. The third-order valence-corrected chi connectivity index (χ3v) is 7.02. The number of hydrogen-bond donors (Lipinski definition) is 1. The molecule has 2 aliphatic carbocycles. The van der Waals surface area contributed by atoms with E-state index in [1.807, 2.05) is 4.90 Å². The number of anilines is 1. The Morgan fingerprint density at radius 2 is 1.92 bits per heavy atom. The molecule has 7 heteroatoms. The summed E-state index contributed by atoms with van der Waals surface area (Å²) in [7, 11) is 0. The van der Waals surface area contributed by atoms with E-state index >= 15 is 0 Å². The van der Waals surface area contributed by atoms with Crippen molar-refractivity contribution in [3.05, 3.63) is 10.6 Å². The molecule has 1 saturated heterocycles. The summed E-state index contributed by atoms with van der Waals surface area (Å²) in [5.74, 6) is -0.154. The van der Waals surface area contributed by atoms with Crippen molar-refractivity contribution in [1.29, 1.82) is 0 Å². The molecule has 4 rings (SSSR count). The number of hydrogen-bond acceptors (Lipinski definition) is 5. The number of rotatable bonds is 3. The van der Waals surface area contributed by atoms with Crippen molar-refractivity contribution in [3.63, 3.8) is 0 Å². The Balaban J connectivity index is 1.46. The number of ketones is 1. The first-order valence-corrected chi connectivity index (χ1v) is 10.5. The highest BCUT2D eigenvalue weighted by molar-refractivity contribution is 7.17. The summed E-state index contributed by atoms with van der Waals surface area (Å²) in [6.45, 7) is 2.88. The van der Waals surface area contributed by atoms with Crippen LogP contribution < -0.4 is 5.32 Å². The van der Waals surface area contributed by atoms with Crippen molar-refractivity contribution in [2.24, 2.45) is 11.8 Å². The second-order valence-corrected chi connectivity index (χ2v) is 8.82. The van der Waals surface area contributed by atoms with Gasteiger partial charge in [-0.05, 0) is 39.0 Å². The smallest absolute Gasteiger partial charge is 0.229 e. The Bertz CT molecular complexity index is 740. The lowest BCUT2D eigenvalue weighted by Crippen LogP contribution is -2.46. The number of aromatic nitrogens is 1. The van der Waals surface area contributed by atoms with E-state index in [1.54, 1.807) is 0 Å². The van der Waals surface area contributed by atoms with Crippen molar-refractivity contribution >= 4 is 34.1 Å². The van der Waals surface area contributed by atoms with E-state index in [1.165, 1.54) is 11.3 Å². The van der Waals surface area contributed by atoms with E-state index in [2.05, 4.69) is 17.2 Å². The fraction of sp³-hybridized carbons (Fsp3) is 0.684. The third-order valence-electron chi connectivity index (χ3n) is 5.96. The summed E-state index contributed by atoms with van der Waals surface area (Å²) in [6.07, 6.45) is 6.95. The van der Waals surface area contributed by atoms with Gasteiger partial charge in [-0.15, -0.1) is 0 Å². The molecule has 1 saturated carbocycles. The Morgan fingerprint density at radius 3 is 2.62 bits per heavy atom. The number of Topliss-reactive ketones (excluding diaryl/α,β-unsaturated/α-hetero) is 1. The molecule has 1 aliphatic heterocycles. The van der Waals surface area contributed by atoms with Gasteiger partial charge in [-0.1, -0.05) is 17.8 Å². The van der Waals surface area contributed by atoms with Gasteiger partial charge in [-0.2, -0.15) is 0 Å². The molecule has 0 unspecified atom stereocenters. The van der Waals surface area contributed by atoms with Crippen LogP contribution in [0.2, 0.25) is 0 Å². The van der Waals surface area contributed by atoms with E-state index in [9.17, 15) is 14.4 Å². The molecule has 0 aromatic carbocycles. The SMILES string of the molecule is C[C@@H]1CCCCN1C(=O)[C@@H]1CC(=O)c2sc(NC(=O)C3CCC3)nc2C1. The van der Waals surface area contributed by atoms with Crippen molar-refractivity contribution in [2.45, 2.75) is 64.3 Å². The molecule has 2 atom stereocenters. The molecule has 140 valence electrons. The lowest BCUT2D eigenvalue weighted by molar-refractivity contribution is -0.139. The molecule has 2 fully saturated rings. The molecule has 1 N–H and O–H groups in total. The maximum atomic E-state index is 12.9. The fourth-order valence-corrected chi connectivity index (χ4v) is 5.04.